The van der Waals surface area contributed by atoms with E-state index in [1.54, 1.807) is 6.07 Å². The number of ketones is 1. The summed E-state index contributed by atoms with van der Waals surface area (Å²) < 4.78 is 27.6. The first kappa shape index (κ1) is 27.3. The third kappa shape index (κ3) is 10.4. The number of carboxylic acid groups (broad SMARTS) is 1. The molecule has 9 heteroatoms. The summed E-state index contributed by atoms with van der Waals surface area (Å²) in [5.41, 5.74) is 7.18. The van der Waals surface area contributed by atoms with Crippen LogP contribution >= 0.6 is 31.9 Å². The van der Waals surface area contributed by atoms with Crippen molar-refractivity contribution in [1.82, 2.24) is 4.98 Å². The van der Waals surface area contributed by atoms with Crippen molar-refractivity contribution in [3.8, 4) is 0 Å². The Morgan fingerprint density at radius 2 is 1.71 bits per heavy atom. The number of carboxylic acids is 1. The Balaban J connectivity index is 0.000000348. The van der Waals surface area contributed by atoms with E-state index in [9.17, 15) is 18.4 Å². The fourth-order valence-electron chi connectivity index (χ4n) is 2.96. The Bertz CT molecular complexity index is 890. The van der Waals surface area contributed by atoms with Gasteiger partial charge in [-0.2, -0.15) is 0 Å². The van der Waals surface area contributed by atoms with Gasteiger partial charge in [-0.25, -0.2) is 13.8 Å². The van der Waals surface area contributed by atoms with Gasteiger partial charge in [0.15, 0.2) is 0 Å². The number of hydrogen-bond donors (Lipinski definition) is 2. The molecule has 0 saturated heterocycles. The second kappa shape index (κ2) is 13.0. The third-order valence-electron chi connectivity index (χ3n) is 4.21. The van der Waals surface area contributed by atoms with Gasteiger partial charge in [-0.05, 0) is 87.4 Å². The van der Waals surface area contributed by atoms with Crippen LogP contribution < -0.4 is 5.73 Å². The number of carbonyl (C=O) groups excluding carboxylic acids is 1. The standard InChI is InChI=1S/C13H10Br2F2N2.C9H16O3/c14-10-1-2-12(15)19-13(10)11(18)5-7-3-8(16)6-9(17)4-7;1-6(2)4-8(9(11)12)5-7(3)10/h1-4,6,11H,5,18H2;6,8H,4-5H2,1-3H3,(H,11,12). The topological polar surface area (TPSA) is 93.3 Å². The predicted octanol–water partition coefficient (Wildman–Crippen LogP) is 5.84. The van der Waals surface area contributed by atoms with E-state index in [0.717, 1.165) is 10.5 Å². The van der Waals surface area contributed by atoms with Crippen LogP contribution in [0.15, 0.2) is 39.4 Å². The molecule has 0 aliphatic heterocycles. The molecular weight excluding hydrogens is 538 g/mol. The number of halogens is 4. The lowest BCUT2D eigenvalue weighted by Gasteiger charge is -2.13. The van der Waals surface area contributed by atoms with Crippen LogP contribution in [0.5, 0.6) is 0 Å². The smallest absolute Gasteiger partial charge is 0.306 e. The zero-order valence-corrected chi connectivity index (χ0v) is 20.7. The van der Waals surface area contributed by atoms with Crippen molar-refractivity contribution in [3.05, 3.63) is 62.3 Å². The normalized spacial score (nSPS) is 12.7. The Labute approximate surface area is 197 Å². The van der Waals surface area contributed by atoms with E-state index in [2.05, 4.69) is 36.8 Å². The minimum absolute atomic E-state index is 0.0527. The maximum atomic E-state index is 13.1. The Kier molecular flexibility index (Phi) is 11.4. The highest BCUT2D eigenvalue weighted by molar-refractivity contribution is 9.11. The monoisotopic (exact) mass is 562 g/mol. The van der Waals surface area contributed by atoms with Crippen LogP contribution in [0.2, 0.25) is 0 Å². The largest absolute Gasteiger partial charge is 0.481 e. The number of nitrogens with zero attached hydrogens (tertiary/aromatic N) is 1. The van der Waals surface area contributed by atoms with Gasteiger partial charge < -0.3 is 15.6 Å². The predicted molar refractivity (Wildman–Crippen MR) is 123 cm³/mol. The van der Waals surface area contributed by atoms with Gasteiger partial charge >= 0.3 is 5.97 Å². The fraction of sp³-hybridized carbons (Fsp3) is 0.409. The first-order valence-corrected chi connectivity index (χ1v) is 11.2. The first-order valence-electron chi connectivity index (χ1n) is 9.63. The minimum Gasteiger partial charge on any atom is -0.481 e. The maximum absolute atomic E-state index is 13.1. The lowest BCUT2D eigenvalue weighted by atomic mass is 9.93. The molecule has 0 radical (unpaired) electrons. The molecule has 1 aromatic heterocycles. The van der Waals surface area contributed by atoms with Crippen molar-refractivity contribution >= 4 is 43.6 Å². The average molecular weight is 564 g/mol. The molecule has 2 rings (SSSR count). The molecule has 5 nitrogen and oxygen atoms in total. The second-order valence-electron chi connectivity index (χ2n) is 7.66. The fourth-order valence-corrected chi connectivity index (χ4v) is 3.80. The first-order chi connectivity index (χ1) is 14.4. The van der Waals surface area contributed by atoms with Crippen molar-refractivity contribution in [3.63, 3.8) is 0 Å². The molecule has 2 aromatic rings. The highest BCUT2D eigenvalue weighted by Crippen LogP contribution is 2.25. The molecular formula is C22H26Br2F2N2O3. The average Bonchev–Trinajstić information content (AvgIpc) is 2.62. The number of Topliss-reactive ketones (excluding diaryl/α,β-unsaturated/α-hetero) is 1. The Hall–Kier alpha value is -1.71. The van der Waals surface area contributed by atoms with Crippen molar-refractivity contribution in [1.29, 1.82) is 0 Å². The molecule has 2 unspecified atom stereocenters. The van der Waals surface area contributed by atoms with Gasteiger partial charge in [0, 0.05) is 17.0 Å². The molecule has 0 bridgehead atoms. The zero-order valence-electron chi connectivity index (χ0n) is 17.5. The minimum atomic E-state index is -0.862. The molecule has 0 aliphatic rings. The Morgan fingerprint density at radius 3 is 2.19 bits per heavy atom. The number of rotatable bonds is 8. The molecule has 0 aliphatic carbocycles. The number of nitrogens with two attached hydrogens (primary N) is 1. The van der Waals surface area contributed by atoms with E-state index in [0.29, 0.717) is 34.6 Å². The van der Waals surface area contributed by atoms with E-state index >= 15 is 0 Å². The molecule has 0 saturated carbocycles. The molecule has 0 spiro atoms. The van der Waals surface area contributed by atoms with Crippen molar-refractivity contribution < 1.29 is 23.5 Å². The highest BCUT2D eigenvalue weighted by Gasteiger charge is 2.20. The van der Waals surface area contributed by atoms with Gasteiger partial charge in [-0.3, -0.25) is 4.79 Å². The summed E-state index contributed by atoms with van der Waals surface area (Å²) in [6.45, 7) is 5.34. The maximum Gasteiger partial charge on any atom is 0.306 e. The van der Waals surface area contributed by atoms with E-state index in [1.165, 1.54) is 19.1 Å². The summed E-state index contributed by atoms with van der Waals surface area (Å²) in [6.07, 6.45) is 1.04. The van der Waals surface area contributed by atoms with Crippen LogP contribution in [-0.2, 0) is 16.0 Å². The molecule has 31 heavy (non-hydrogen) atoms. The lowest BCUT2D eigenvalue weighted by molar-refractivity contribution is -0.144. The number of benzene rings is 1. The number of pyridine rings is 1. The highest BCUT2D eigenvalue weighted by atomic mass is 79.9. The summed E-state index contributed by atoms with van der Waals surface area (Å²) in [6, 6.07) is 6.53. The van der Waals surface area contributed by atoms with Crippen molar-refractivity contribution in [2.45, 2.75) is 46.1 Å². The van der Waals surface area contributed by atoms with Crippen LogP contribution in [0.25, 0.3) is 0 Å². The van der Waals surface area contributed by atoms with Crippen molar-refractivity contribution in [2.75, 3.05) is 0 Å². The quantitative estimate of drug-likeness (QED) is 0.393. The summed E-state index contributed by atoms with van der Waals surface area (Å²) in [5, 5.41) is 8.72. The second-order valence-corrected chi connectivity index (χ2v) is 9.33. The zero-order chi connectivity index (χ0) is 23.7. The molecule has 1 heterocycles. The van der Waals surface area contributed by atoms with Crippen molar-refractivity contribution in [2.24, 2.45) is 17.6 Å². The molecule has 0 fully saturated rings. The third-order valence-corrected chi connectivity index (χ3v) is 5.32. The SMILES string of the molecule is CC(=O)CC(CC(C)C)C(=O)O.NC(Cc1cc(F)cc(F)c1)c1nc(Br)ccc1Br. The van der Waals surface area contributed by atoms with Gasteiger partial charge in [-0.15, -0.1) is 0 Å². The summed E-state index contributed by atoms with van der Waals surface area (Å²) >= 11 is 6.63. The van der Waals surface area contributed by atoms with E-state index in [-0.39, 0.29) is 12.2 Å². The van der Waals surface area contributed by atoms with Gasteiger partial charge in [0.2, 0.25) is 0 Å². The molecule has 0 amide bonds. The molecule has 170 valence electrons. The van der Waals surface area contributed by atoms with Gasteiger partial charge in [0.25, 0.3) is 0 Å². The lowest BCUT2D eigenvalue weighted by Crippen LogP contribution is -2.18. The van der Waals surface area contributed by atoms with Crippen LogP contribution in [0.3, 0.4) is 0 Å². The Morgan fingerprint density at radius 1 is 1.13 bits per heavy atom. The number of aliphatic carboxylic acids is 1. The van der Waals surface area contributed by atoms with Crippen LogP contribution in [0, 0.1) is 23.5 Å². The van der Waals surface area contributed by atoms with Crippen LogP contribution in [-0.4, -0.2) is 21.8 Å². The van der Waals surface area contributed by atoms with Gasteiger partial charge in [0.05, 0.1) is 17.7 Å². The van der Waals surface area contributed by atoms with Crippen LogP contribution in [0.4, 0.5) is 8.78 Å². The van der Waals surface area contributed by atoms with E-state index in [4.69, 9.17) is 10.8 Å². The van der Waals surface area contributed by atoms with E-state index < -0.39 is 29.6 Å². The summed E-state index contributed by atoms with van der Waals surface area (Å²) in [5.74, 6) is -2.30. The molecule has 1 aromatic carbocycles. The van der Waals surface area contributed by atoms with E-state index in [1.807, 2.05) is 19.9 Å². The van der Waals surface area contributed by atoms with Gasteiger partial charge in [0.1, 0.15) is 22.0 Å². The number of hydrogen-bond acceptors (Lipinski definition) is 4. The molecule has 2 atom stereocenters. The number of aromatic nitrogens is 1. The summed E-state index contributed by atoms with van der Waals surface area (Å²) in [7, 11) is 0. The molecule has 3 N–H and O–H groups in total. The number of carbonyl (C=O) groups is 2. The van der Waals surface area contributed by atoms with Gasteiger partial charge in [-0.1, -0.05) is 13.8 Å². The summed E-state index contributed by atoms with van der Waals surface area (Å²) in [4.78, 5) is 25.6. The van der Waals surface area contributed by atoms with Crippen LogP contribution in [0.1, 0.15) is 50.9 Å².